The number of carbonyl (C=O) groups excluding carboxylic acids is 1. The molecule has 4 nitrogen and oxygen atoms in total. The summed E-state index contributed by atoms with van der Waals surface area (Å²) in [6.45, 7) is 3.82. The van der Waals surface area contributed by atoms with E-state index in [1.807, 2.05) is 51.0 Å². The molecule has 0 saturated heterocycles. The van der Waals surface area contributed by atoms with E-state index in [1.54, 1.807) is 0 Å². The number of rotatable bonds is 4. The Bertz CT molecular complexity index is 405. The highest BCUT2D eigenvalue weighted by molar-refractivity contribution is 5.92. The summed E-state index contributed by atoms with van der Waals surface area (Å²) in [6.07, 6.45) is 0.339. The van der Waals surface area contributed by atoms with Gasteiger partial charge >= 0.3 is 0 Å². The van der Waals surface area contributed by atoms with Crippen LogP contribution in [0.25, 0.3) is 0 Å². The molecule has 1 amide bonds. The van der Waals surface area contributed by atoms with Gasteiger partial charge in [-0.05, 0) is 31.5 Å². The van der Waals surface area contributed by atoms with Crippen LogP contribution in [0.5, 0.6) is 0 Å². The molecule has 0 aromatic heterocycles. The number of nitrogens with one attached hydrogen (secondary N) is 1. The van der Waals surface area contributed by atoms with Crippen molar-refractivity contribution in [2.24, 2.45) is 5.73 Å². The maximum absolute atomic E-state index is 11.7. The van der Waals surface area contributed by atoms with Gasteiger partial charge in [-0.2, -0.15) is 0 Å². The van der Waals surface area contributed by atoms with E-state index in [0.29, 0.717) is 6.42 Å². The molecule has 0 fully saturated rings. The number of halogens is 1. The fourth-order valence-corrected chi connectivity index (χ4v) is 1.74. The third-order valence-corrected chi connectivity index (χ3v) is 2.57. The molecule has 0 bridgehead atoms. The van der Waals surface area contributed by atoms with E-state index in [4.69, 9.17) is 5.73 Å². The molecule has 1 aromatic carbocycles. The molecule has 0 spiro atoms. The van der Waals surface area contributed by atoms with Crippen molar-refractivity contribution < 1.29 is 4.79 Å². The minimum absolute atomic E-state index is 0. The van der Waals surface area contributed by atoms with Gasteiger partial charge in [-0.3, -0.25) is 4.79 Å². The van der Waals surface area contributed by atoms with E-state index >= 15 is 0 Å². The molecular formula is C13H22ClN3O. The molecule has 102 valence electrons. The average Bonchev–Trinajstić information content (AvgIpc) is 2.19. The summed E-state index contributed by atoms with van der Waals surface area (Å²) in [5.41, 5.74) is 8.61. The first-order valence-electron chi connectivity index (χ1n) is 5.74. The Hall–Kier alpha value is -1.26. The van der Waals surface area contributed by atoms with Gasteiger partial charge < -0.3 is 16.0 Å². The molecule has 0 aliphatic carbocycles. The zero-order chi connectivity index (χ0) is 13.0. The summed E-state index contributed by atoms with van der Waals surface area (Å²) in [6, 6.07) is 5.74. The van der Waals surface area contributed by atoms with E-state index in [0.717, 1.165) is 16.9 Å². The molecule has 1 unspecified atom stereocenters. The molecule has 18 heavy (non-hydrogen) atoms. The summed E-state index contributed by atoms with van der Waals surface area (Å²) in [5, 5.41) is 2.89. The van der Waals surface area contributed by atoms with Crippen molar-refractivity contribution in [1.29, 1.82) is 0 Å². The lowest BCUT2D eigenvalue weighted by Gasteiger charge is -2.18. The Morgan fingerprint density at radius 1 is 1.44 bits per heavy atom. The van der Waals surface area contributed by atoms with Crippen LogP contribution >= 0.6 is 12.4 Å². The zero-order valence-electron chi connectivity index (χ0n) is 11.4. The average molecular weight is 272 g/mol. The first kappa shape index (κ1) is 16.7. The lowest BCUT2D eigenvalue weighted by Crippen LogP contribution is -2.24. The summed E-state index contributed by atoms with van der Waals surface area (Å²) >= 11 is 0. The standard InChI is InChI=1S/C13H21N3O.ClH/c1-9(14)8-13(17)15-11-6-5-7-12(10(11)2)16(3)4;/h5-7,9H,8,14H2,1-4H3,(H,15,17);1H. The Morgan fingerprint density at radius 2 is 2.06 bits per heavy atom. The molecule has 1 rings (SSSR count). The lowest BCUT2D eigenvalue weighted by atomic mass is 10.1. The number of benzene rings is 1. The van der Waals surface area contributed by atoms with Crippen molar-refractivity contribution >= 4 is 29.7 Å². The Labute approximate surface area is 115 Å². The zero-order valence-corrected chi connectivity index (χ0v) is 12.2. The number of amides is 1. The van der Waals surface area contributed by atoms with E-state index in [9.17, 15) is 4.79 Å². The van der Waals surface area contributed by atoms with Crippen LogP contribution in [0, 0.1) is 6.92 Å². The van der Waals surface area contributed by atoms with Crippen LogP contribution in [-0.4, -0.2) is 26.0 Å². The highest BCUT2D eigenvalue weighted by Crippen LogP contribution is 2.25. The largest absolute Gasteiger partial charge is 0.377 e. The van der Waals surface area contributed by atoms with Crippen molar-refractivity contribution in [3.8, 4) is 0 Å². The molecule has 1 aromatic rings. The van der Waals surface area contributed by atoms with Gasteiger partial charge in [0.05, 0.1) is 0 Å². The topological polar surface area (TPSA) is 58.4 Å². The van der Waals surface area contributed by atoms with Crippen LogP contribution in [0.2, 0.25) is 0 Å². The van der Waals surface area contributed by atoms with Gasteiger partial charge in [0.2, 0.25) is 5.91 Å². The second-order valence-corrected chi connectivity index (χ2v) is 4.57. The van der Waals surface area contributed by atoms with E-state index in [2.05, 4.69) is 5.32 Å². The van der Waals surface area contributed by atoms with Crippen molar-refractivity contribution in [3.63, 3.8) is 0 Å². The van der Waals surface area contributed by atoms with Crippen LogP contribution in [0.3, 0.4) is 0 Å². The van der Waals surface area contributed by atoms with Crippen molar-refractivity contribution in [1.82, 2.24) is 0 Å². The molecule has 3 N–H and O–H groups in total. The van der Waals surface area contributed by atoms with Crippen LogP contribution in [-0.2, 0) is 4.79 Å². The molecule has 0 aliphatic rings. The normalized spacial score (nSPS) is 11.4. The van der Waals surface area contributed by atoms with Gasteiger partial charge in [0.1, 0.15) is 0 Å². The van der Waals surface area contributed by atoms with Crippen LogP contribution < -0.4 is 16.0 Å². The van der Waals surface area contributed by atoms with E-state index in [1.165, 1.54) is 0 Å². The molecular weight excluding hydrogens is 250 g/mol. The van der Waals surface area contributed by atoms with Gasteiger partial charge in [0.25, 0.3) is 0 Å². The molecule has 0 saturated carbocycles. The maximum atomic E-state index is 11.7. The summed E-state index contributed by atoms with van der Waals surface area (Å²) < 4.78 is 0. The number of hydrogen-bond donors (Lipinski definition) is 2. The van der Waals surface area contributed by atoms with E-state index in [-0.39, 0.29) is 24.4 Å². The highest BCUT2D eigenvalue weighted by Gasteiger charge is 2.09. The number of carbonyl (C=O) groups is 1. The van der Waals surface area contributed by atoms with Gasteiger partial charge in [-0.1, -0.05) is 6.07 Å². The summed E-state index contributed by atoms with van der Waals surface area (Å²) in [7, 11) is 3.96. The second kappa shape index (κ2) is 7.24. The molecule has 1 atom stereocenters. The number of nitrogens with two attached hydrogens (primary N) is 1. The van der Waals surface area contributed by atoms with Crippen LogP contribution in [0.1, 0.15) is 18.9 Å². The first-order chi connectivity index (χ1) is 7.91. The molecule has 0 aliphatic heterocycles. The SMILES string of the molecule is Cc1c(NC(=O)CC(C)N)cccc1N(C)C.Cl. The third kappa shape index (κ3) is 4.55. The van der Waals surface area contributed by atoms with Crippen molar-refractivity contribution in [2.45, 2.75) is 26.3 Å². The van der Waals surface area contributed by atoms with Crippen molar-refractivity contribution in [2.75, 3.05) is 24.3 Å². The fraction of sp³-hybridized carbons (Fsp3) is 0.462. The third-order valence-electron chi connectivity index (χ3n) is 2.57. The summed E-state index contributed by atoms with van der Waals surface area (Å²) in [4.78, 5) is 13.7. The molecule has 5 heteroatoms. The lowest BCUT2D eigenvalue weighted by molar-refractivity contribution is -0.116. The maximum Gasteiger partial charge on any atom is 0.225 e. The second-order valence-electron chi connectivity index (χ2n) is 4.57. The monoisotopic (exact) mass is 271 g/mol. The van der Waals surface area contributed by atoms with Crippen molar-refractivity contribution in [3.05, 3.63) is 23.8 Å². The van der Waals surface area contributed by atoms with Gasteiger partial charge in [0, 0.05) is 37.9 Å². The summed E-state index contributed by atoms with van der Waals surface area (Å²) in [5.74, 6) is -0.0426. The fourth-order valence-electron chi connectivity index (χ4n) is 1.74. The molecule has 0 heterocycles. The minimum Gasteiger partial charge on any atom is -0.377 e. The smallest absolute Gasteiger partial charge is 0.225 e. The quantitative estimate of drug-likeness (QED) is 0.882. The van der Waals surface area contributed by atoms with Gasteiger partial charge in [-0.25, -0.2) is 0 Å². The number of anilines is 2. The highest BCUT2D eigenvalue weighted by atomic mass is 35.5. The number of hydrogen-bond acceptors (Lipinski definition) is 3. The van der Waals surface area contributed by atoms with Gasteiger partial charge in [0.15, 0.2) is 0 Å². The Balaban J connectivity index is 0.00000289. The Morgan fingerprint density at radius 3 is 2.56 bits per heavy atom. The number of nitrogens with zero attached hydrogens (tertiary/aromatic N) is 1. The molecule has 0 radical (unpaired) electrons. The van der Waals surface area contributed by atoms with Crippen LogP contribution in [0.15, 0.2) is 18.2 Å². The predicted octanol–water partition coefficient (Wildman–Crippen LogP) is 2.16. The van der Waals surface area contributed by atoms with E-state index < -0.39 is 0 Å². The first-order valence-corrected chi connectivity index (χ1v) is 5.74. The Kier molecular flexibility index (Phi) is 6.73. The van der Waals surface area contributed by atoms with Crippen LogP contribution in [0.4, 0.5) is 11.4 Å². The predicted molar refractivity (Wildman–Crippen MR) is 79.7 cm³/mol. The minimum atomic E-state index is -0.118. The van der Waals surface area contributed by atoms with Gasteiger partial charge in [-0.15, -0.1) is 12.4 Å².